The van der Waals surface area contributed by atoms with Crippen LogP contribution >= 0.6 is 0 Å². The molecule has 2 atom stereocenters. The van der Waals surface area contributed by atoms with Gasteiger partial charge < -0.3 is 10.5 Å². The second kappa shape index (κ2) is 6.17. The number of halogens is 1. The van der Waals surface area contributed by atoms with E-state index < -0.39 is 15.8 Å². The van der Waals surface area contributed by atoms with E-state index >= 15 is 0 Å². The number of hydrogen-bond donors (Lipinski definition) is 2. The highest BCUT2D eigenvalue weighted by Crippen LogP contribution is 2.24. The number of sulfonamides is 1. The molecule has 1 aliphatic carbocycles. The van der Waals surface area contributed by atoms with Gasteiger partial charge in [0.2, 0.25) is 10.0 Å². The first-order valence-corrected chi connectivity index (χ1v) is 7.99. The normalized spacial score (nSPS) is 23.1. The molecule has 0 heterocycles. The van der Waals surface area contributed by atoms with Crippen LogP contribution in [0, 0.1) is 5.82 Å². The van der Waals surface area contributed by atoms with Crippen molar-refractivity contribution >= 4 is 10.0 Å². The van der Waals surface area contributed by atoms with Gasteiger partial charge in [0.25, 0.3) is 0 Å². The first-order chi connectivity index (χ1) is 9.47. The summed E-state index contributed by atoms with van der Waals surface area (Å²) in [5, 5.41) is 0. The summed E-state index contributed by atoms with van der Waals surface area (Å²) in [6, 6.07) is 3.77. The third-order valence-electron chi connectivity index (χ3n) is 3.61. The van der Waals surface area contributed by atoms with Crippen molar-refractivity contribution in [2.75, 3.05) is 7.11 Å². The van der Waals surface area contributed by atoms with Gasteiger partial charge in [-0.2, -0.15) is 0 Å². The van der Waals surface area contributed by atoms with Crippen LogP contribution in [0.1, 0.15) is 24.8 Å². The van der Waals surface area contributed by atoms with Crippen LogP contribution in [-0.4, -0.2) is 27.7 Å². The highest BCUT2D eigenvalue weighted by molar-refractivity contribution is 7.89. The van der Waals surface area contributed by atoms with E-state index in [9.17, 15) is 12.8 Å². The van der Waals surface area contributed by atoms with Crippen LogP contribution in [0.3, 0.4) is 0 Å². The highest BCUT2D eigenvalue weighted by atomic mass is 32.2. The van der Waals surface area contributed by atoms with Crippen molar-refractivity contribution in [3.8, 4) is 0 Å². The molecule has 2 rings (SSSR count). The Balaban J connectivity index is 2.21. The Morgan fingerprint density at radius 2 is 2.20 bits per heavy atom. The van der Waals surface area contributed by atoms with Crippen molar-refractivity contribution in [3.63, 3.8) is 0 Å². The summed E-state index contributed by atoms with van der Waals surface area (Å²) >= 11 is 0. The van der Waals surface area contributed by atoms with E-state index in [0.29, 0.717) is 12.8 Å². The van der Waals surface area contributed by atoms with Gasteiger partial charge in [0.15, 0.2) is 0 Å². The predicted molar refractivity (Wildman–Crippen MR) is 73.0 cm³/mol. The predicted octanol–water partition coefficient (Wildman–Crippen LogP) is 1.13. The first kappa shape index (κ1) is 15.4. The molecule has 0 spiro atoms. The van der Waals surface area contributed by atoms with Crippen molar-refractivity contribution in [3.05, 3.63) is 29.6 Å². The van der Waals surface area contributed by atoms with E-state index in [0.717, 1.165) is 6.42 Å². The zero-order valence-electron chi connectivity index (χ0n) is 11.3. The molecule has 20 heavy (non-hydrogen) atoms. The molecule has 0 amide bonds. The number of rotatable bonds is 5. The van der Waals surface area contributed by atoms with Crippen molar-refractivity contribution < 1.29 is 17.5 Å². The van der Waals surface area contributed by atoms with Crippen LogP contribution in [0.5, 0.6) is 0 Å². The zero-order valence-corrected chi connectivity index (χ0v) is 12.1. The standard InChI is InChI=1S/C13H19FN2O3S/c1-19-10-6-5-9(7-10)16-20(17,18)13-4-2-3-12(14)11(13)8-15/h2-4,9-10,16H,5-8,15H2,1H3. The van der Waals surface area contributed by atoms with E-state index in [1.54, 1.807) is 7.11 Å². The average Bonchev–Trinajstić information content (AvgIpc) is 2.85. The lowest BCUT2D eigenvalue weighted by Gasteiger charge is -2.15. The van der Waals surface area contributed by atoms with Crippen molar-refractivity contribution in [1.29, 1.82) is 0 Å². The molecule has 1 saturated carbocycles. The molecule has 0 bridgehead atoms. The maximum absolute atomic E-state index is 13.6. The van der Waals surface area contributed by atoms with Crippen LogP contribution in [0.4, 0.5) is 4.39 Å². The quantitative estimate of drug-likeness (QED) is 0.854. The molecule has 1 fully saturated rings. The second-order valence-corrected chi connectivity index (χ2v) is 6.59. The molecule has 112 valence electrons. The molecule has 0 radical (unpaired) electrons. The smallest absolute Gasteiger partial charge is 0.241 e. The largest absolute Gasteiger partial charge is 0.381 e. The number of methoxy groups -OCH3 is 1. The number of nitrogens with two attached hydrogens (primary N) is 1. The Bertz CT molecular complexity index is 577. The lowest BCUT2D eigenvalue weighted by molar-refractivity contribution is 0.107. The molecule has 7 heteroatoms. The fraction of sp³-hybridized carbons (Fsp3) is 0.538. The minimum atomic E-state index is -3.77. The van der Waals surface area contributed by atoms with Crippen LogP contribution < -0.4 is 10.5 Å². The van der Waals surface area contributed by atoms with Crippen LogP contribution in [0.15, 0.2) is 23.1 Å². The Morgan fingerprint density at radius 1 is 1.45 bits per heavy atom. The third kappa shape index (κ3) is 3.17. The summed E-state index contributed by atoms with van der Waals surface area (Å²) in [6.07, 6.45) is 2.23. The van der Waals surface area contributed by atoms with E-state index in [1.165, 1.54) is 18.2 Å². The van der Waals surface area contributed by atoms with Gasteiger partial charge in [-0.1, -0.05) is 6.07 Å². The number of benzene rings is 1. The van der Waals surface area contributed by atoms with Crippen molar-refractivity contribution in [2.24, 2.45) is 5.73 Å². The zero-order chi connectivity index (χ0) is 14.8. The number of nitrogens with one attached hydrogen (secondary N) is 1. The molecule has 1 aliphatic rings. The van der Waals surface area contributed by atoms with Gasteiger partial charge in [0.05, 0.1) is 11.0 Å². The molecule has 0 aliphatic heterocycles. The van der Waals surface area contributed by atoms with Gasteiger partial charge in [-0.25, -0.2) is 17.5 Å². The summed E-state index contributed by atoms with van der Waals surface area (Å²) < 4.78 is 46.1. The van der Waals surface area contributed by atoms with Gasteiger partial charge in [-0.15, -0.1) is 0 Å². The molecule has 1 aromatic carbocycles. The highest BCUT2D eigenvalue weighted by Gasteiger charge is 2.30. The molecule has 2 unspecified atom stereocenters. The molecule has 1 aromatic rings. The minimum Gasteiger partial charge on any atom is -0.381 e. The summed E-state index contributed by atoms with van der Waals surface area (Å²) in [5.41, 5.74) is 5.46. The maximum Gasteiger partial charge on any atom is 0.241 e. The van der Waals surface area contributed by atoms with Gasteiger partial charge in [-0.3, -0.25) is 0 Å². The summed E-state index contributed by atoms with van der Waals surface area (Å²) in [7, 11) is -2.15. The average molecular weight is 302 g/mol. The summed E-state index contributed by atoms with van der Waals surface area (Å²) in [4.78, 5) is -0.0825. The molecular formula is C13H19FN2O3S. The fourth-order valence-electron chi connectivity index (χ4n) is 2.53. The summed E-state index contributed by atoms with van der Waals surface area (Å²) in [6.45, 7) is -0.158. The first-order valence-electron chi connectivity index (χ1n) is 6.50. The topological polar surface area (TPSA) is 81.4 Å². The fourth-order valence-corrected chi connectivity index (χ4v) is 4.08. The Labute approximate surface area is 118 Å². The van der Waals surface area contributed by atoms with Crippen LogP contribution in [-0.2, 0) is 21.3 Å². The van der Waals surface area contributed by atoms with Crippen molar-refractivity contribution in [2.45, 2.75) is 42.8 Å². The molecule has 3 N–H and O–H groups in total. The molecule has 5 nitrogen and oxygen atoms in total. The number of ether oxygens (including phenoxy) is 1. The SMILES string of the molecule is COC1CCC(NS(=O)(=O)c2cccc(F)c2CN)C1. The Hall–Kier alpha value is -1.02. The maximum atomic E-state index is 13.6. The molecule has 0 saturated heterocycles. The van der Waals surface area contributed by atoms with Crippen molar-refractivity contribution in [1.82, 2.24) is 4.72 Å². The summed E-state index contributed by atoms with van der Waals surface area (Å²) in [5.74, 6) is -0.600. The lowest BCUT2D eigenvalue weighted by atomic mass is 10.2. The van der Waals surface area contributed by atoms with E-state index in [4.69, 9.17) is 10.5 Å². The third-order valence-corrected chi connectivity index (χ3v) is 5.21. The van der Waals surface area contributed by atoms with Gasteiger partial charge in [0.1, 0.15) is 5.82 Å². The monoisotopic (exact) mass is 302 g/mol. The molecule has 0 aromatic heterocycles. The van der Waals surface area contributed by atoms with E-state index in [1.807, 2.05) is 0 Å². The Morgan fingerprint density at radius 3 is 2.80 bits per heavy atom. The van der Waals surface area contributed by atoms with E-state index in [-0.39, 0.29) is 29.1 Å². The van der Waals surface area contributed by atoms with Gasteiger partial charge in [0, 0.05) is 25.3 Å². The second-order valence-electron chi connectivity index (χ2n) is 4.91. The number of hydrogen-bond acceptors (Lipinski definition) is 4. The van der Waals surface area contributed by atoms with Gasteiger partial charge >= 0.3 is 0 Å². The lowest BCUT2D eigenvalue weighted by Crippen LogP contribution is -2.34. The minimum absolute atomic E-state index is 0.0151. The van der Waals surface area contributed by atoms with Crippen LogP contribution in [0.2, 0.25) is 0 Å². The van der Waals surface area contributed by atoms with Gasteiger partial charge in [-0.05, 0) is 31.4 Å². The Kier molecular flexibility index (Phi) is 4.74. The molecular weight excluding hydrogens is 283 g/mol. The van der Waals surface area contributed by atoms with Crippen LogP contribution in [0.25, 0.3) is 0 Å². The van der Waals surface area contributed by atoms with E-state index in [2.05, 4.69) is 4.72 Å².